The largest absolute Gasteiger partial charge is 4.00 e. The van der Waals surface area contributed by atoms with Crippen LogP contribution in [-0.4, -0.2) is 0 Å². The van der Waals surface area contributed by atoms with Crippen LogP contribution in [0.1, 0.15) is 79.1 Å². The van der Waals surface area contributed by atoms with Crippen LogP contribution < -0.4 is 34.0 Å². The van der Waals surface area contributed by atoms with E-state index in [0.717, 1.165) is 12.8 Å². The van der Waals surface area contributed by atoms with Crippen LogP contribution in [0.3, 0.4) is 0 Å². The summed E-state index contributed by atoms with van der Waals surface area (Å²) in [5, 5.41) is 0. The predicted molar refractivity (Wildman–Crippen MR) is 89.3 cm³/mol. The molecule has 0 aromatic heterocycles. The Kier molecular flexibility index (Phi) is 21.9. The van der Waals surface area contributed by atoms with Crippen molar-refractivity contribution in [1.82, 2.24) is 0 Å². The van der Waals surface area contributed by atoms with Crippen LogP contribution >= 0.6 is 0 Å². The third-order valence-electron chi connectivity index (χ3n) is 3.96. The maximum Gasteiger partial charge on any atom is 4.00 e. The molecule has 2 rings (SSSR count). The molecule has 0 saturated heterocycles. The minimum atomic E-state index is 0. The normalized spacial score (nSPS) is 14.8. The topological polar surface area (TPSA) is 0 Å². The molecule has 3 heteroatoms. The van der Waals surface area contributed by atoms with E-state index in [1.165, 1.54) is 60.8 Å². The van der Waals surface area contributed by atoms with Crippen molar-refractivity contribution in [2.45, 2.75) is 79.1 Å². The molecule has 0 amide bonds. The number of rotatable bonds is 6. The van der Waals surface area contributed by atoms with E-state index in [1.54, 1.807) is 0 Å². The first kappa shape index (κ1) is 28.6. The van der Waals surface area contributed by atoms with E-state index in [0.29, 0.717) is 0 Å². The fraction of sp³-hybridized carbons (Fsp3) is 0.600. The van der Waals surface area contributed by atoms with Crippen LogP contribution in [0.25, 0.3) is 0 Å². The van der Waals surface area contributed by atoms with E-state index in [-0.39, 0.29) is 59.8 Å². The molecule has 0 saturated carbocycles. The van der Waals surface area contributed by atoms with Crippen molar-refractivity contribution in [3.63, 3.8) is 0 Å². The van der Waals surface area contributed by atoms with Gasteiger partial charge in [-0.1, -0.05) is 52.4 Å². The molecule has 0 fully saturated rings. The smallest absolute Gasteiger partial charge is 1.00 e. The van der Waals surface area contributed by atoms with Crippen molar-refractivity contribution in [2.24, 2.45) is 0 Å². The molecule has 0 heterocycles. The minimum absolute atomic E-state index is 0. The van der Waals surface area contributed by atoms with Crippen molar-refractivity contribution in [3.05, 3.63) is 46.6 Å². The zero-order valence-electron chi connectivity index (χ0n) is 15.1. The molecule has 2 aliphatic rings. The summed E-state index contributed by atoms with van der Waals surface area (Å²) < 4.78 is 0. The van der Waals surface area contributed by atoms with Gasteiger partial charge in [-0.2, -0.15) is 12.2 Å². The maximum absolute atomic E-state index is 3.37. The standard InChI is InChI=1S/2C10H15.2BrH.Hf/c2*1-3-4-7-10-8-5-6-9(10)2;;;/h2*6H,3-5,7H2,1-2H3;2*1H;/q2*-1;;;+4/p-2. The van der Waals surface area contributed by atoms with Crippen LogP contribution in [0.5, 0.6) is 0 Å². The Bertz CT molecular complexity index is 377. The Labute approximate surface area is 184 Å². The molecule has 0 spiro atoms. The Hall–Kier alpha value is 0.790. The van der Waals surface area contributed by atoms with Gasteiger partial charge in [0.25, 0.3) is 0 Å². The van der Waals surface area contributed by atoms with Gasteiger partial charge in [-0.3, -0.25) is 12.2 Å². The van der Waals surface area contributed by atoms with Gasteiger partial charge in [-0.25, -0.2) is 22.3 Å². The van der Waals surface area contributed by atoms with Crippen molar-refractivity contribution in [1.29, 1.82) is 0 Å². The second-order valence-electron chi connectivity index (χ2n) is 5.70. The summed E-state index contributed by atoms with van der Waals surface area (Å²) in [6, 6.07) is 0. The quantitative estimate of drug-likeness (QED) is 0.305. The summed E-state index contributed by atoms with van der Waals surface area (Å²) in [6.07, 6.45) is 21.0. The molecule has 0 nitrogen and oxygen atoms in total. The Morgan fingerprint density at radius 1 is 0.783 bits per heavy atom. The summed E-state index contributed by atoms with van der Waals surface area (Å²) in [6.45, 7) is 8.83. The summed E-state index contributed by atoms with van der Waals surface area (Å²) in [5.41, 5.74) is 5.82. The van der Waals surface area contributed by atoms with Gasteiger partial charge >= 0.3 is 25.8 Å². The van der Waals surface area contributed by atoms with E-state index in [2.05, 4.69) is 52.0 Å². The summed E-state index contributed by atoms with van der Waals surface area (Å²) in [5.74, 6) is 0. The number of hydrogen-bond donors (Lipinski definition) is 0. The van der Waals surface area contributed by atoms with Gasteiger partial charge in [0.05, 0.1) is 0 Å². The second kappa shape index (κ2) is 17.6. The van der Waals surface area contributed by atoms with Crippen molar-refractivity contribution in [2.75, 3.05) is 0 Å². The SMILES string of the molecule is CCCCC1=[C-]CC=C1C.CCCCC1=[C-]CC=C1C.[Br-].[Br-].[Hf+4]. The fourth-order valence-corrected chi connectivity index (χ4v) is 2.46. The van der Waals surface area contributed by atoms with Gasteiger partial charge in [-0.05, 0) is 0 Å². The molecule has 0 aliphatic heterocycles. The third-order valence-corrected chi connectivity index (χ3v) is 3.96. The number of hydrogen-bond acceptors (Lipinski definition) is 0. The van der Waals surface area contributed by atoms with Gasteiger partial charge in [0, 0.05) is 0 Å². The van der Waals surface area contributed by atoms with Crippen LogP contribution in [0.4, 0.5) is 0 Å². The van der Waals surface area contributed by atoms with E-state index in [9.17, 15) is 0 Å². The fourth-order valence-electron chi connectivity index (χ4n) is 2.46. The molecule has 0 N–H and O–H groups in total. The summed E-state index contributed by atoms with van der Waals surface area (Å²) in [7, 11) is 0. The molecule has 0 radical (unpaired) electrons. The molecular weight excluding hydrogens is 579 g/mol. The average molecular weight is 609 g/mol. The molecule has 0 atom stereocenters. The Morgan fingerprint density at radius 2 is 1.13 bits per heavy atom. The van der Waals surface area contributed by atoms with Gasteiger partial charge in [0.2, 0.25) is 0 Å². The first-order chi connectivity index (χ1) is 9.69. The molecule has 128 valence electrons. The molecular formula is C20H30Br2Hf. The molecule has 23 heavy (non-hydrogen) atoms. The second-order valence-corrected chi connectivity index (χ2v) is 5.70. The van der Waals surface area contributed by atoms with Crippen LogP contribution in [0, 0.1) is 12.2 Å². The molecule has 2 aliphatic carbocycles. The number of allylic oxidation sites excluding steroid dienone is 8. The zero-order chi connectivity index (χ0) is 14.8. The van der Waals surface area contributed by atoms with E-state index < -0.39 is 0 Å². The first-order valence-electron chi connectivity index (χ1n) is 8.22. The Morgan fingerprint density at radius 3 is 1.35 bits per heavy atom. The first-order valence-corrected chi connectivity index (χ1v) is 8.22. The molecule has 0 bridgehead atoms. The van der Waals surface area contributed by atoms with Crippen LogP contribution in [-0.2, 0) is 25.8 Å². The molecule has 0 unspecified atom stereocenters. The van der Waals surface area contributed by atoms with Gasteiger partial charge in [0.1, 0.15) is 0 Å². The molecule has 0 aromatic rings. The van der Waals surface area contributed by atoms with Gasteiger partial charge in [-0.15, -0.1) is 26.7 Å². The van der Waals surface area contributed by atoms with E-state index >= 15 is 0 Å². The Balaban J connectivity index is -0.000000308. The van der Waals surface area contributed by atoms with Crippen LogP contribution in [0.2, 0.25) is 0 Å². The van der Waals surface area contributed by atoms with Gasteiger partial charge in [0.15, 0.2) is 0 Å². The predicted octanol–water partition coefficient (Wildman–Crippen LogP) is 0.518. The van der Waals surface area contributed by atoms with E-state index in [4.69, 9.17) is 0 Å². The summed E-state index contributed by atoms with van der Waals surface area (Å²) >= 11 is 0. The van der Waals surface area contributed by atoms with E-state index in [1.807, 2.05) is 0 Å². The average Bonchev–Trinajstić information content (AvgIpc) is 3.04. The maximum atomic E-state index is 3.37. The van der Waals surface area contributed by atoms with Crippen molar-refractivity contribution >= 4 is 0 Å². The third kappa shape index (κ3) is 11.9. The number of halogens is 2. The minimum Gasteiger partial charge on any atom is -1.00 e. The summed E-state index contributed by atoms with van der Waals surface area (Å²) in [4.78, 5) is 0. The van der Waals surface area contributed by atoms with Gasteiger partial charge < -0.3 is 34.0 Å². The molecule has 0 aromatic carbocycles. The number of unbranched alkanes of at least 4 members (excludes halogenated alkanes) is 2. The zero-order valence-corrected chi connectivity index (χ0v) is 21.8. The van der Waals surface area contributed by atoms with Crippen molar-refractivity contribution < 1.29 is 59.8 Å². The monoisotopic (exact) mass is 608 g/mol. The van der Waals surface area contributed by atoms with Crippen LogP contribution in [0.15, 0.2) is 34.4 Å². The van der Waals surface area contributed by atoms with Crippen molar-refractivity contribution in [3.8, 4) is 0 Å².